The fourth-order valence-electron chi connectivity index (χ4n) is 2.79. The highest BCUT2D eigenvalue weighted by Crippen LogP contribution is 2.28. The van der Waals surface area contributed by atoms with E-state index in [0.717, 1.165) is 12.8 Å². The van der Waals surface area contributed by atoms with Gasteiger partial charge in [0.1, 0.15) is 17.5 Å². The molecule has 6 nitrogen and oxygen atoms in total. The summed E-state index contributed by atoms with van der Waals surface area (Å²) in [5, 5.41) is 9.75. The van der Waals surface area contributed by atoms with Crippen LogP contribution in [0.25, 0.3) is 0 Å². The SMILES string of the molecule is O=C(O)c1ccc(C(=O)N2CCCC(Oc3ccc(Cl)c(Cl)c3)C2)cn1. The summed E-state index contributed by atoms with van der Waals surface area (Å²) < 4.78 is 5.93. The van der Waals surface area contributed by atoms with Crippen LogP contribution >= 0.6 is 23.2 Å². The van der Waals surface area contributed by atoms with Gasteiger partial charge in [0.25, 0.3) is 5.91 Å². The summed E-state index contributed by atoms with van der Waals surface area (Å²) in [6.45, 7) is 1.04. The highest BCUT2D eigenvalue weighted by Gasteiger charge is 2.26. The quantitative estimate of drug-likeness (QED) is 0.853. The van der Waals surface area contributed by atoms with Gasteiger partial charge in [-0.1, -0.05) is 23.2 Å². The largest absolute Gasteiger partial charge is 0.489 e. The van der Waals surface area contributed by atoms with Crippen molar-refractivity contribution in [2.45, 2.75) is 18.9 Å². The predicted octanol–water partition coefficient (Wildman–Crippen LogP) is 3.77. The number of hydrogen-bond acceptors (Lipinski definition) is 4. The number of piperidine rings is 1. The van der Waals surface area contributed by atoms with Crippen LogP contribution in [0.3, 0.4) is 0 Å². The highest BCUT2D eigenvalue weighted by atomic mass is 35.5. The third kappa shape index (κ3) is 4.26. The summed E-state index contributed by atoms with van der Waals surface area (Å²) in [6, 6.07) is 7.86. The lowest BCUT2D eigenvalue weighted by atomic mass is 10.1. The Kier molecular flexibility index (Phi) is 5.64. The smallest absolute Gasteiger partial charge is 0.354 e. The molecular formula is C18H16Cl2N2O4. The number of rotatable bonds is 4. The number of nitrogens with zero attached hydrogens (tertiary/aromatic N) is 2. The summed E-state index contributed by atoms with van der Waals surface area (Å²) in [7, 11) is 0. The number of halogens is 2. The molecule has 1 amide bonds. The zero-order valence-electron chi connectivity index (χ0n) is 13.7. The average Bonchev–Trinajstić information content (AvgIpc) is 2.64. The number of likely N-dealkylation sites (tertiary alicyclic amines) is 1. The molecule has 3 rings (SSSR count). The molecule has 1 atom stereocenters. The number of aromatic carboxylic acids is 1. The number of ether oxygens (including phenoxy) is 1. The van der Waals surface area contributed by atoms with E-state index < -0.39 is 5.97 Å². The minimum atomic E-state index is -1.13. The van der Waals surface area contributed by atoms with Gasteiger partial charge in [-0.05, 0) is 37.1 Å². The van der Waals surface area contributed by atoms with Crippen LogP contribution < -0.4 is 4.74 Å². The van der Waals surface area contributed by atoms with Crippen molar-refractivity contribution in [1.29, 1.82) is 0 Å². The highest BCUT2D eigenvalue weighted by molar-refractivity contribution is 6.42. The molecule has 0 spiro atoms. The van der Waals surface area contributed by atoms with E-state index in [-0.39, 0.29) is 17.7 Å². The molecule has 1 N–H and O–H groups in total. The van der Waals surface area contributed by atoms with E-state index in [1.54, 1.807) is 23.1 Å². The maximum Gasteiger partial charge on any atom is 0.354 e. The third-order valence-corrected chi connectivity index (χ3v) is 4.83. The van der Waals surface area contributed by atoms with Gasteiger partial charge < -0.3 is 14.7 Å². The van der Waals surface area contributed by atoms with Crippen molar-refractivity contribution in [1.82, 2.24) is 9.88 Å². The Morgan fingerprint density at radius 1 is 1.19 bits per heavy atom. The fourth-order valence-corrected chi connectivity index (χ4v) is 3.08. The Morgan fingerprint density at radius 2 is 2.00 bits per heavy atom. The topological polar surface area (TPSA) is 79.7 Å². The van der Waals surface area contributed by atoms with E-state index in [1.165, 1.54) is 18.3 Å². The molecule has 1 aromatic carbocycles. The molecule has 1 unspecified atom stereocenters. The van der Waals surface area contributed by atoms with Gasteiger partial charge in [0, 0.05) is 18.8 Å². The molecular weight excluding hydrogens is 379 g/mol. The molecule has 0 bridgehead atoms. The van der Waals surface area contributed by atoms with Gasteiger partial charge in [-0.15, -0.1) is 0 Å². The van der Waals surface area contributed by atoms with Gasteiger partial charge >= 0.3 is 5.97 Å². The number of benzene rings is 1. The molecule has 1 fully saturated rings. The zero-order valence-corrected chi connectivity index (χ0v) is 15.2. The molecule has 136 valence electrons. The van der Waals surface area contributed by atoms with E-state index in [1.807, 2.05) is 0 Å². The number of carboxylic acids is 1. The number of amides is 1. The Labute approximate surface area is 160 Å². The molecule has 0 saturated carbocycles. The molecule has 1 aliphatic rings. The van der Waals surface area contributed by atoms with Crippen LogP contribution in [0.4, 0.5) is 0 Å². The minimum Gasteiger partial charge on any atom is -0.489 e. The summed E-state index contributed by atoms with van der Waals surface area (Å²) in [6.07, 6.45) is 2.75. The monoisotopic (exact) mass is 394 g/mol. The van der Waals surface area contributed by atoms with Crippen molar-refractivity contribution in [3.63, 3.8) is 0 Å². The second-order valence-corrected chi connectivity index (χ2v) is 6.76. The van der Waals surface area contributed by atoms with Crippen LogP contribution in [-0.2, 0) is 0 Å². The first kappa shape index (κ1) is 18.5. The summed E-state index contributed by atoms with van der Waals surface area (Å²) in [4.78, 5) is 29.0. The van der Waals surface area contributed by atoms with Crippen LogP contribution in [0.1, 0.15) is 33.7 Å². The number of aromatic nitrogens is 1. The van der Waals surface area contributed by atoms with Crippen LogP contribution in [-0.4, -0.2) is 46.1 Å². The summed E-state index contributed by atoms with van der Waals surface area (Å²) >= 11 is 11.9. The van der Waals surface area contributed by atoms with Crippen LogP contribution in [0.15, 0.2) is 36.5 Å². The van der Waals surface area contributed by atoms with Crippen molar-refractivity contribution in [3.05, 3.63) is 57.8 Å². The predicted molar refractivity (Wildman–Crippen MR) is 97.2 cm³/mol. The lowest BCUT2D eigenvalue weighted by Crippen LogP contribution is -2.44. The minimum absolute atomic E-state index is 0.0963. The van der Waals surface area contributed by atoms with Gasteiger partial charge in [0.05, 0.1) is 22.2 Å². The molecule has 26 heavy (non-hydrogen) atoms. The molecule has 2 heterocycles. The first-order chi connectivity index (χ1) is 12.4. The van der Waals surface area contributed by atoms with E-state index >= 15 is 0 Å². The molecule has 1 aliphatic heterocycles. The number of hydrogen-bond donors (Lipinski definition) is 1. The van der Waals surface area contributed by atoms with Gasteiger partial charge in [0.15, 0.2) is 0 Å². The van der Waals surface area contributed by atoms with Gasteiger partial charge in [-0.3, -0.25) is 4.79 Å². The molecule has 8 heteroatoms. The van der Waals surface area contributed by atoms with Crippen LogP contribution in [0, 0.1) is 0 Å². The van der Waals surface area contributed by atoms with Crippen LogP contribution in [0.5, 0.6) is 5.75 Å². The second-order valence-electron chi connectivity index (χ2n) is 5.95. The Bertz CT molecular complexity index is 826. The summed E-state index contributed by atoms with van der Waals surface area (Å²) in [5.41, 5.74) is 0.256. The third-order valence-electron chi connectivity index (χ3n) is 4.09. The Balaban J connectivity index is 1.66. The zero-order chi connectivity index (χ0) is 18.7. The van der Waals surface area contributed by atoms with Crippen molar-refractivity contribution in [2.75, 3.05) is 13.1 Å². The van der Waals surface area contributed by atoms with Gasteiger partial charge in [-0.2, -0.15) is 0 Å². The number of carbonyl (C=O) groups excluding carboxylic acids is 1. The molecule has 0 aliphatic carbocycles. The van der Waals surface area contributed by atoms with Crippen molar-refractivity contribution in [2.24, 2.45) is 0 Å². The molecule has 2 aromatic rings. The maximum atomic E-state index is 12.6. The number of pyridine rings is 1. The maximum absolute atomic E-state index is 12.6. The normalized spacial score (nSPS) is 17.0. The first-order valence-electron chi connectivity index (χ1n) is 8.04. The fraction of sp³-hybridized carbons (Fsp3) is 0.278. The lowest BCUT2D eigenvalue weighted by molar-refractivity contribution is 0.0536. The van der Waals surface area contributed by atoms with E-state index in [0.29, 0.717) is 34.4 Å². The van der Waals surface area contributed by atoms with Gasteiger partial charge in [0.2, 0.25) is 0 Å². The number of carbonyl (C=O) groups is 2. The lowest BCUT2D eigenvalue weighted by Gasteiger charge is -2.33. The Morgan fingerprint density at radius 3 is 2.65 bits per heavy atom. The van der Waals surface area contributed by atoms with Gasteiger partial charge in [-0.25, -0.2) is 9.78 Å². The van der Waals surface area contributed by atoms with Crippen molar-refractivity contribution in [3.8, 4) is 5.75 Å². The average molecular weight is 395 g/mol. The number of carboxylic acid groups (broad SMARTS) is 1. The second kappa shape index (κ2) is 7.93. The van der Waals surface area contributed by atoms with Crippen molar-refractivity contribution >= 4 is 35.1 Å². The van der Waals surface area contributed by atoms with E-state index in [9.17, 15) is 9.59 Å². The standard InChI is InChI=1S/C18H16Cl2N2O4/c19-14-5-4-12(8-15(14)20)26-13-2-1-7-22(10-13)17(23)11-3-6-16(18(24)25)21-9-11/h3-6,8-9,13H,1-2,7,10H2,(H,24,25). The first-order valence-corrected chi connectivity index (χ1v) is 8.80. The van der Waals surface area contributed by atoms with E-state index in [4.69, 9.17) is 33.0 Å². The van der Waals surface area contributed by atoms with E-state index in [2.05, 4.69) is 4.98 Å². The van der Waals surface area contributed by atoms with Crippen LogP contribution in [0.2, 0.25) is 10.0 Å². The Hall–Kier alpha value is -2.31. The molecule has 1 saturated heterocycles. The van der Waals surface area contributed by atoms with Crippen molar-refractivity contribution < 1.29 is 19.4 Å². The molecule has 0 radical (unpaired) electrons. The summed E-state index contributed by atoms with van der Waals surface area (Å²) in [5.74, 6) is -0.722. The molecule has 1 aromatic heterocycles.